The molecule has 7 rings (SSSR count). The van der Waals surface area contributed by atoms with Crippen LogP contribution in [0.3, 0.4) is 0 Å². The first kappa shape index (κ1) is 42.1. The molecule has 0 spiro atoms. The van der Waals surface area contributed by atoms with E-state index < -0.39 is 24.0 Å². The maximum absolute atomic E-state index is 15.0. The Balaban J connectivity index is 0.810. The van der Waals surface area contributed by atoms with E-state index in [0.717, 1.165) is 76.8 Å². The Hall–Kier alpha value is -5.04. The predicted molar refractivity (Wildman–Crippen MR) is 218 cm³/mol. The molecule has 1 aromatic heterocycles. The number of nitriles is 1. The number of carbonyl (C=O) groups is 3. The second kappa shape index (κ2) is 18.9. The lowest BCUT2D eigenvalue weighted by molar-refractivity contribution is -0.127. The summed E-state index contributed by atoms with van der Waals surface area (Å²) in [5, 5.41) is 27.6. The molecule has 3 amide bonds. The number of carbonyl (C=O) groups excluding carboxylic acids is 3. The van der Waals surface area contributed by atoms with E-state index in [9.17, 15) is 23.9 Å². The van der Waals surface area contributed by atoms with Crippen LogP contribution in [-0.4, -0.2) is 99.9 Å². The minimum absolute atomic E-state index is 0.0153. The fraction of sp³-hybridized carbons (Fsp3) is 0.535. The lowest BCUT2D eigenvalue weighted by atomic mass is 9.85. The van der Waals surface area contributed by atoms with Crippen LogP contribution < -0.4 is 30.3 Å². The number of nitrogens with zero attached hydrogens (tertiary/aromatic N) is 5. The van der Waals surface area contributed by atoms with Crippen molar-refractivity contribution < 1.29 is 33.4 Å². The van der Waals surface area contributed by atoms with Gasteiger partial charge in [-0.25, -0.2) is 14.4 Å². The van der Waals surface area contributed by atoms with Crippen molar-refractivity contribution in [3.8, 4) is 17.6 Å². The first-order valence-corrected chi connectivity index (χ1v) is 21.0. The van der Waals surface area contributed by atoms with Crippen LogP contribution in [0.1, 0.15) is 104 Å². The third-order valence-electron chi connectivity index (χ3n) is 12.0. The number of halogens is 2. The van der Waals surface area contributed by atoms with Crippen LogP contribution >= 0.6 is 11.6 Å². The van der Waals surface area contributed by atoms with Crippen molar-refractivity contribution in [1.82, 2.24) is 30.8 Å². The second-order valence-electron chi connectivity index (χ2n) is 16.4. The fourth-order valence-corrected chi connectivity index (χ4v) is 8.71. The third kappa shape index (κ3) is 10.6. The van der Waals surface area contributed by atoms with Gasteiger partial charge >= 0.3 is 0 Å². The number of aliphatic hydroxyl groups excluding tert-OH is 1. The van der Waals surface area contributed by atoms with Crippen molar-refractivity contribution in [2.45, 2.75) is 121 Å². The van der Waals surface area contributed by atoms with Gasteiger partial charge in [-0.3, -0.25) is 19.3 Å². The van der Waals surface area contributed by atoms with Crippen molar-refractivity contribution in [2.24, 2.45) is 5.92 Å². The maximum Gasteiger partial charge on any atom is 0.271 e. The Morgan fingerprint density at radius 2 is 1.69 bits per heavy atom. The molecule has 3 aromatic rings. The average Bonchev–Trinajstić information content (AvgIpc) is 3.20. The number of ether oxygens (including phenoxy) is 2. The molecule has 2 atom stereocenters. The highest BCUT2D eigenvalue weighted by Crippen LogP contribution is 2.34. The SMILES string of the molecule is CC(C)N(CC1CCN(c2cnc(C(=O)N[C@H]3CC[C@H](Oc4ccc(C#N)c(Cl)c4)CC3)cn2)CC1)[C@H]1C[C@H](Oc2ccc(C(=O)NC3CCC(=O)NC3O)c(F)c2)C1. The highest BCUT2D eigenvalue weighted by molar-refractivity contribution is 6.31. The first-order chi connectivity index (χ1) is 28.4. The predicted octanol–water partition coefficient (Wildman–Crippen LogP) is 5.12. The molecule has 14 nitrogen and oxygen atoms in total. The molecule has 16 heteroatoms. The summed E-state index contributed by atoms with van der Waals surface area (Å²) < 4.78 is 27.2. The van der Waals surface area contributed by atoms with E-state index in [1.807, 2.05) is 0 Å². The summed E-state index contributed by atoms with van der Waals surface area (Å²) in [5.74, 6) is 0.398. The normalized spacial score (nSPS) is 24.8. The van der Waals surface area contributed by atoms with Gasteiger partial charge in [-0.05, 0) is 89.0 Å². The molecule has 59 heavy (non-hydrogen) atoms. The Labute approximate surface area is 348 Å². The summed E-state index contributed by atoms with van der Waals surface area (Å²) in [4.78, 5) is 51.0. The highest BCUT2D eigenvalue weighted by atomic mass is 35.5. The van der Waals surface area contributed by atoms with Crippen LogP contribution in [0.4, 0.5) is 10.2 Å². The number of amides is 3. The van der Waals surface area contributed by atoms with Gasteiger partial charge in [0.25, 0.3) is 11.8 Å². The first-order valence-electron chi connectivity index (χ1n) is 20.7. The average molecular weight is 831 g/mol. The lowest BCUT2D eigenvalue weighted by Gasteiger charge is -2.46. The molecule has 4 N–H and O–H groups in total. The van der Waals surface area contributed by atoms with Crippen LogP contribution in [-0.2, 0) is 4.79 Å². The molecule has 4 fully saturated rings. The molecule has 2 aliphatic heterocycles. The van der Waals surface area contributed by atoms with Crippen LogP contribution in [0.15, 0.2) is 48.8 Å². The van der Waals surface area contributed by atoms with Crippen molar-refractivity contribution in [3.63, 3.8) is 0 Å². The second-order valence-corrected chi connectivity index (χ2v) is 16.8. The molecule has 2 aromatic carbocycles. The third-order valence-corrected chi connectivity index (χ3v) is 12.3. The summed E-state index contributed by atoms with van der Waals surface area (Å²) in [6, 6.07) is 11.4. The number of aliphatic hydroxyl groups is 1. The minimum atomic E-state index is -1.22. The van der Waals surface area contributed by atoms with E-state index in [1.165, 1.54) is 12.1 Å². The number of hydrogen-bond donors (Lipinski definition) is 4. The molecule has 4 aliphatic rings. The van der Waals surface area contributed by atoms with Gasteiger partial charge in [0.2, 0.25) is 5.91 Å². The van der Waals surface area contributed by atoms with Gasteiger partial charge < -0.3 is 35.4 Å². The number of nitrogens with one attached hydrogen (secondary N) is 3. The number of hydrogen-bond acceptors (Lipinski definition) is 11. The molecule has 2 unspecified atom stereocenters. The van der Waals surface area contributed by atoms with Crippen LogP contribution in [0, 0.1) is 23.1 Å². The van der Waals surface area contributed by atoms with Crippen molar-refractivity contribution in [1.29, 1.82) is 5.26 Å². The smallest absolute Gasteiger partial charge is 0.271 e. The van der Waals surface area contributed by atoms with E-state index in [-0.39, 0.29) is 48.5 Å². The maximum atomic E-state index is 15.0. The molecule has 0 bridgehead atoms. The minimum Gasteiger partial charge on any atom is -0.490 e. The molecular formula is C43H52ClFN8O6. The number of aromatic nitrogens is 2. The molecular weight excluding hydrogens is 779 g/mol. The summed E-state index contributed by atoms with van der Waals surface area (Å²) >= 11 is 6.15. The zero-order valence-electron chi connectivity index (χ0n) is 33.4. The van der Waals surface area contributed by atoms with Crippen molar-refractivity contribution in [2.75, 3.05) is 24.5 Å². The van der Waals surface area contributed by atoms with E-state index in [4.69, 9.17) is 26.3 Å². The van der Waals surface area contributed by atoms with Crippen molar-refractivity contribution in [3.05, 3.63) is 76.5 Å². The number of rotatable bonds is 13. The van der Waals surface area contributed by atoms with Gasteiger partial charge in [0.05, 0.1) is 40.7 Å². The zero-order valence-corrected chi connectivity index (χ0v) is 34.2. The van der Waals surface area contributed by atoms with E-state index in [2.05, 4.69) is 55.6 Å². The lowest BCUT2D eigenvalue weighted by Crippen LogP contribution is -2.55. The number of anilines is 1. The Bertz CT molecular complexity index is 2010. The largest absolute Gasteiger partial charge is 0.490 e. The Morgan fingerprint density at radius 1 is 0.983 bits per heavy atom. The molecule has 2 aliphatic carbocycles. The van der Waals surface area contributed by atoms with Gasteiger partial charge in [0.15, 0.2) is 0 Å². The van der Waals surface area contributed by atoms with Gasteiger partial charge in [0.1, 0.15) is 47.2 Å². The zero-order chi connectivity index (χ0) is 41.6. The summed E-state index contributed by atoms with van der Waals surface area (Å²) in [7, 11) is 0. The van der Waals surface area contributed by atoms with Gasteiger partial charge in [0, 0.05) is 69.2 Å². The van der Waals surface area contributed by atoms with Gasteiger partial charge in [-0.15, -0.1) is 0 Å². The summed E-state index contributed by atoms with van der Waals surface area (Å²) in [6.45, 7) is 7.11. The topological polar surface area (TPSA) is 182 Å². The summed E-state index contributed by atoms with van der Waals surface area (Å²) in [6.07, 6.45) is 9.25. The van der Waals surface area contributed by atoms with Gasteiger partial charge in [-0.1, -0.05) is 11.6 Å². The van der Waals surface area contributed by atoms with E-state index >= 15 is 0 Å². The Kier molecular flexibility index (Phi) is 13.5. The van der Waals surface area contributed by atoms with Crippen LogP contribution in [0.5, 0.6) is 11.5 Å². The highest BCUT2D eigenvalue weighted by Gasteiger charge is 2.38. The molecule has 2 saturated carbocycles. The molecule has 314 valence electrons. The standard InChI is InChI=1S/C43H52ClFN8O6/c1-25(2)53(29-17-33(18-29)59-32-9-10-34(36(45)20-32)41(55)50-37-11-12-40(54)51-42(37)56)24-26-13-15-52(16-14-26)39-23-47-38(22-48-39)43(57)49-28-4-7-30(8-5-28)58-31-6-3-27(21-46)35(44)19-31/h3,6,9-10,19-20,22-23,25-26,28-30,33,37,42,56H,4-5,7-8,11-18,24H2,1-2H3,(H,49,57)(H,50,55)(H,51,54)/t28-,29-,30-,33-,37?,42?. The summed E-state index contributed by atoms with van der Waals surface area (Å²) in [5.41, 5.74) is 0.558. The molecule has 2 saturated heterocycles. The number of benzene rings is 2. The van der Waals surface area contributed by atoms with Crippen molar-refractivity contribution >= 4 is 35.1 Å². The monoisotopic (exact) mass is 830 g/mol. The van der Waals surface area contributed by atoms with E-state index in [1.54, 1.807) is 36.7 Å². The van der Waals surface area contributed by atoms with Crippen LogP contribution in [0.25, 0.3) is 0 Å². The number of piperidine rings is 2. The van der Waals surface area contributed by atoms with Crippen LogP contribution in [0.2, 0.25) is 5.02 Å². The van der Waals surface area contributed by atoms with E-state index in [0.29, 0.717) is 45.8 Å². The quantitative estimate of drug-likeness (QED) is 0.179. The Morgan fingerprint density at radius 3 is 2.34 bits per heavy atom. The fourth-order valence-electron chi connectivity index (χ4n) is 8.49. The van der Waals surface area contributed by atoms with Gasteiger partial charge in [-0.2, -0.15) is 5.26 Å². The molecule has 0 radical (unpaired) electrons. The molecule has 3 heterocycles.